The van der Waals surface area contributed by atoms with Crippen LogP contribution in [-0.2, 0) is 13.5 Å². The molecule has 0 aliphatic carbocycles. The molecule has 0 bridgehead atoms. The second-order valence-corrected chi connectivity index (χ2v) is 9.28. The molecule has 6 heteroatoms. The predicted octanol–water partition coefficient (Wildman–Crippen LogP) is 6.12. The van der Waals surface area contributed by atoms with E-state index in [1.165, 1.54) is 5.56 Å². The average molecular weight is 472 g/mol. The first-order valence-electron chi connectivity index (χ1n) is 12.0. The summed E-state index contributed by atoms with van der Waals surface area (Å²) in [4.78, 5) is 4.75. The number of para-hydroxylation sites is 3. The summed E-state index contributed by atoms with van der Waals surface area (Å²) in [6.07, 6.45) is 4.91. The monoisotopic (exact) mass is 471 g/mol. The van der Waals surface area contributed by atoms with Crippen LogP contribution in [0.25, 0.3) is 39.6 Å². The van der Waals surface area contributed by atoms with Crippen LogP contribution in [0.1, 0.15) is 29.4 Å². The highest BCUT2D eigenvalue weighted by Crippen LogP contribution is 2.37. The van der Waals surface area contributed by atoms with Gasteiger partial charge in [0.1, 0.15) is 23.6 Å². The van der Waals surface area contributed by atoms with Gasteiger partial charge in [0.05, 0.1) is 22.3 Å². The first kappa shape index (κ1) is 21.9. The molecule has 176 valence electrons. The van der Waals surface area contributed by atoms with Gasteiger partial charge in [-0.3, -0.25) is 0 Å². The molecule has 0 saturated carbocycles. The van der Waals surface area contributed by atoms with Crippen molar-refractivity contribution in [1.29, 1.82) is 5.26 Å². The Morgan fingerprint density at radius 1 is 1.11 bits per heavy atom. The minimum absolute atomic E-state index is 0.165. The van der Waals surface area contributed by atoms with Crippen LogP contribution in [-0.4, -0.2) is 25.4 Å². The van der Waals surface area contributed by atoms with Crippen LogP contribution in [0.15, 0.2) is 72.9 Å². The van der Waals surface area contributed by atoms with Crippen LogP contribution in [0.3, 0.4) is 0 Å². The lowest BCUT2D eigenvalue weighted by Gasteiger charge is -2.08. The molecule has 6 rings (SSSR count). The van der Waals surface area contributed by atoms with Gasteiger partial charge in [-0.2, -0.15) is 10.4 Å². The van der Waals surface area contributed by atoms with E-state index in [4.69, 9.17) is 14.8 Å². The molecule has 3 heterocycles. The van der Waals surface area contributed by atoms with Crippen molar-refractivity contribution >= 4 is 22.7 Å². The quantitative estimate of drug-likeness (QED) is 0.296. The van der Waals surface area contributed by atoms with Crippen molar-refractivity contribution in [1.82, 2.24) is 19.3 Å². The van der Waals surface area contributed by atoms with Gasteiger partial charge < -0.3 is 9.30 Å². The lowest BCUT2D eigenvalue weighted by atomic mass is 9.99. The molecular formula is C30H25N5O. The van der Waals surface area contributed by atoms with Crippen molar-refractivity contribution in [2.75, 3.05) is 0 Å². The minimum atomic E-state index is 0.165. The lowest BCUT2D eigenvalue weighted by Crippen LogP contribution is -2.05. The fourth-order valence-corrected chi connectivity index (χ4v) is 4.98. The molecule has 0 fully saturated rings. The third kappa shape index (κ3) is 3.66. The molecule has 1 aliphatic heterocycles. The van der Waals surface area contributed by atoms with Gasteiger partial charge in [0, 0.05) is 30.8 Å². The molecule has 6 nitrogen and oxygen atoms in total. The maximum atomic E-state index is 10.2. The number of rotatable bonds is 4. The van der Waals surface area contributed by atoms with E-state index in [9.17, 15) is 5.26 Å². The van der Waals surface area contributed by atoms with Crippen molar-refractivity contribution < 1.29 is 4.74 Å². The third-order valence-electron chi connectivity index (χ3n) is 6.66. The van der Waals surface area contributed by atoms with Crippen LogP contribution in [0, 0.1) is 18.3 Å². The number of hydrogen-bond acceptors (Lipinski definition) is 4. The Morgan fingerprint density at radius 2 is 1.89 bits per heavy atom. The number of benzene rings is 3. The number of nitriles is 1. The van der Waals surface area contributed by atoms with Crippen LogP contribution in [0.4, 0.5) is 0 Å². The van der Waals surface area contributed by atoms with Crippen LogP contribution >= 0.6 is 0 Å². The summed E-state index contributed by atoms with van der Waals surface area (Å²) in [5.41, 5.74) is 8.24. The number of allylic oxidation sites excluding steroid dienone is 1. The first-order valence-corrected chi connectivity index (χ1v) is 12.0. The Hall–Kier alpha value is -4.63. The molecule has 0 amide bonds. The summed E-state index contributed by atoms with van der Waals surface area (Å²) in [5, 5.41) is 15.1. The lowest BCUT2D eigenvalue weighted by molar-refractivity contribution is 0.253. The second-order valence-electron chi connectivity index (χ2n) is 9.28. The second kappa shape index (κ2) is 8.54. The smallest absolute Gasteiger partial charge is 0.151 e. The van der Waals surface area contributed by atoms with Crippen molar-refractivity contribution in [3.63, 3.8) is 0 Å². The fraction of sp³-hybridized carbons (Fsp3) is 0.167. The molecule has 1 atom stereocenters. The molecule has 5 aromatic rings. The van der Waals surface area contributed by atoms with Crippen molar-refractivity contribution in [3.8, 4) is 28.8 Å². The zero-order chi connectivity index (χ0) is 24.8. The van der Waals surface area contributed by atoms with E-state index in [0.29, 0.717) is 11.4 Å². The normalized spacial score (nSPS) is 15.1. The largest absolute Gasteiger partial charge is 0.490 e. The number of fused-ring (bicyclic) bond motifs is 2. The van der Waals surface area contributed by atoms with Crippen molar-refractivity contribution in [2.24, 2.45) is 7.05 Å². The maximum absolute atomic E-state index is 10.2. The van der Waals surface area contributed by atoms with E-state index in [2.05, 4.69) is 32.0 Å². The molecule has 1 aliphatic rings. The summed E-state index contributed by atoms with van der Waals surface area (Å²) in [6.45, 7) is 4.16. The highest BCUT2D eigenvalue weighted by atomic mass is 16.5. The molecule has 0 radical (unpaired) electrons. The Kier molecular flexibility index (Phi) is 5.19. The Balaban J connectivity index is 1.54. The van der Waals surface area contributed by atoms with E-state index in [1.54, 1.807) is 0 Å². The molecule has 3 aromatic carbocycles. The summed E-state index contributed by atoms with van der Waals surface area (Å²) in [5.74, 6) is 1.60. The third-order valence-corrected chi connectivity index (χ3v) is 6.66. The molecule has 0 N–H and O–H groups in total. The van der Waals surface area contributed by atoms with E-state index in [1.807, 2.05) is 83.2 Å². The molecule has 0 spiro atoms. The first-order chi connectivity index (χ1) is 17.5. The number of imidazole rings is 1. The molecular weight excluding hydrogens is 446 g/mol. The number of aryl methyl sites for hydroxylation is 2. The number of nitrogens with zero attached hydrogens (tertiary/aromatic N) is 5. The van der Waals surface area contributed by atoms with Crippen LogP contribution in [0.5, 0.6) is 5.75 Å². The zero-order valence-corrected chi connectivity index (χ0v) is 20.4. The van der Waals surface area contributed by atoms with Gasteiger partial charge in [0.2, 0.25) is 0 Å². The molecule has 0 unspecified atom stereocenters. The summed E-state index contributed by atoms with van der Waals surface area (Å²) in [6, 6.07) is 24.6. The van der Waals surface area contributed by atoms with Gasteiger partial charge in [-0.25, -0.2) is 9.67 Å². The van der Waals surface area contributed by atoms with Gasteiger partial charge in [-0.15, -0.1) is 0 Å². The minimum Gasteiger partial charge on any atom is -0.490 e. The zero-order valence-electron chi connectivity index (χ0n) is 20.4. The standard InChI is InChI=1S/C30H25N5O/c1-19-13-21(15-22-14-20(2)36-29(19)22)28-24(18-35(33-28)25-9-5-4-6-10-25)16-23(17-31)30-32-26-11-7-8-12-27(26)34(30)3/h4-13,15-16,18,20H,14H2,1-3H3/b23-16+/t20-/m0/s1. The number of aromatic nitrogens is 4. The topological polar surface area (TPSA) is 68.7 Å². The molecule has 0 saturated heterocycles. The van der Waals surface area contributed by atoms with E-state index >= 15 is 0 Å². The van der Waals surface area contributed by atoms with E-state index in [0.717, 1.165) is 51.3 Å². The summed E-state index contributed by atoms with van der Waals surface area (Å²) >= 11 is 0. The predicted molar refractivity (Wildman–Crippen MR) is 142 cm³/mol. The Morgan fingerprint density at radius 3 is 2.67 bits per heavy atom. The number of ether oxygens (including phenoxy) is 1. The van der Waals surface area contributed by atoms with Crippen LogP contribution < -0.4 is 4.74 Å². The average Bonchev–Trinajstić information content (AvgIpc) is 3.58. The van der Waals surface area contributed by atoms with Gasteiger partial charge in [0.15, 0.2) is 5.82 Å². The van der Waals surface area contributed by atoms with Gasteiger partial charge in [-0.05, 0) is 67.4 Å². The van der Waals surface area contributed by atoms with Crippen molar-refractivity contribution in [3.05, 3.63) is 95.4 Å². The van der Waals surface area contributed by atoms with Gasteiger partial charge in [0.25, 0.3) is 0 Å². The van der Waals surface area contributed by atoms with E-state index in [-0.39, 0.29) is 6.10 Å². The Labute approximate surface area is 209 Å². The van der Waals surface area contributed by atoms with Gasteiger partial charge >= 0.3 is 0 Å². The molecule has 2 aromatic heterocycles. The Bertz CT molecular complexity index is 1680. The summed E-state index contributed by atoms with van der Waals surface area (Å²) < 4.78 is 9.85. The fourth-order valence-electron chi connectivity index (χ4n) is 4.98. The van der Waals surface area contributed by atoms with Crippen LogP contribution in [0.2, 0.25) is 0 Å². The van der Waals surface area contributed by atoms with Crippen molar-refractivity contribution in [2.45, 2.75) is 26.4 Å². The highest BCUT2D eigenvalue weighted by molar-refractivity contribution is 5.93. The SMILES string of the molecule is Cc1cc(-c2nn(-c3ccccc3)cc2/C=C(\C#N)c2nc3ccccc3n2C)cc2c1O[C@@H](C)C2. The van der Waals surface area contributed by atoms with Gasteiger partial charge in [-0.1, -0.05) is 30.3 Å². The number of hydrogen-bond donors (Lipinski definition) is 0. The van der Waals surface area contributed by atoms with E-state index < -0.39 is 0 Å². The summed E-state index contributed by atoms with van der Waals surface area (Å²) in [7, 11) is 1.94. The molecule has 36 heavy (non-hydrogen) atoms. The maximum Gasteiger partial charge on any atom is 0.151 e. The highest BCUT2D eigenvalue weighted by Gasteiger charge is 2.23.